The van der Waals surface area contributed by atoms with Crippen LogP contribution in [0.3, 0.4) is 0 Å². The summed E-state index contributed by atoms with van der Waals surface area (Å²) in [5, 5.41) is 16.9. The van der Waals surface area contributed by atoms with Gasteiger partial charge in [0.2, 0.25) is 11.8 Å². The highest BCUT2D eigenvalue weighted by Gasteiger charge is 2.31. The number of guanidine groups is 1. The largest absolute Gasteiger partial charge is 0.481 e. The second-order valence-corrected chi connectivity index (χ2v) is 11.4. The van der Waals surface area contributed by atoms with Gasteiger partial charge < -0.3 is 42.0 Å². The van der Waals surface area contributed by atoms with Crippen LogP contribution in [0.1, 0.15) is 72.3 Å². The highest BCUT2D eigenvalue weighted by atomic mass is 16.6. The van der Waals surface area contributed by atoms with Gasteiger partial charge in [-0.15, -0.1) is 0 Å². The maximum Gasteiger partial charge on any atom is 0.408 e. The SMILES string of the molecule is CC(C)C[C@H](NC(=O)[C@H](CCC(=O)O)NC(=O)[C@H](CCCN=C(N)N)NC(=O)OC(C)(C)C)C(=O)OCc1ccccc1. The Morgan fingerprint density at radius 3 is 2.02 bits per heavy atom. The number of esters is 1. The van der Waals surface area contributed by atoms with Crippen LogP contribution >= 0.6 is 0 Å². The fourth-order valence-electron chi connectivity index (χ4n) is 3.82. The highest BCUT2D eigenvalue weighted by Crippen LogP contribution is 2.12. The lowest BCUT2D eigenvalue weighted by atomic mass is 10.0. The summed E-state index contributed by atoms with van der Waals surface area (Å²) in [6.07, 6.45) is -0.960. The van der Waals surface area contributed by atoms with Crippen molar-refractivity contribution in [2.24, 2.45) is 22.4 Å². The number of hydrogen-bond donors (Lipinski definition) is 6. The van der Waals surface area contributed by atoms with Gasteiger partial charge >= 0.3 is 18.0 Å². The van der Waals surface area contributed by atoms with Gasteiger partial charge in [0, 0.05) is 13.0 Å². The van der Waals surface area contributed by atoms with Crippen molar-refractivity contribution in [1.82, 2.24) is 16.0 Å². The van der Waals surface area contributed by atoms with Crippen molar-refractivity contribution >= 4 is 35.8 Å². The van der Waals surface area contributed by atoms with Gasteiger partial charge in [0.25, 0.3) is 0 Å². The summed E-state index contributed by atoms with van der Waals surface area (Å²) < 4.78 is 10.7. The topological polar surface area (TPSA) is 225 Å². The van der Waals surface area contributed by atoms with E-state index in [0.29, 0.717) is 6.42 Å². The predicted octanol–water partition coefficient (Wildman–Crippen LogP) is 1.56. The van der Waals surface area contributed by atoms with Crippen molar-refractivity contribution in [1.29, 1.82) is 0 Å². The third-order valence-electron chi connectivity index (χ3n) is 5.76. The molecule has 0 aliphatic heterocycles. The van der Waals surface area contributed by atoms with Gasteiger partial charge in [-0.05, 0) is 57.9 Å². The van der Waals surface area contributed by atoms with Crippen LogP contribution in [0.4, 0.5) is 4.79 Å². The van der Waals surface area contributed by atoms with Crippen LogP contribution in [-0.2, 0) is 35.3 Å². The number of benzene rings is 1. The first-order valence-electron chi connectivity index (χ1n) is 14.1. The molecular weight excluding hydrogens is 560 g/mol. The molecular formula is C29H46N6O8. The summed E-state index contributed by atoms with van der Waals surface area (Å²) >= 11 is 0. The van der Waals surface area contributed by atoms with Crippen molar-refractivity contribution < 1.29 is 38.6 Å². The van der Waals surface area contributed by atoms with E-state index in [0.717, 1.165) is 5.56 Å². The Bertz CT molecular complexity index is 1100. The molecule has 1 rings (SSSR count). The summed E-state index contributed by atoms with van der Waals surface area (Å²) in [5.74, 6) is -3.52. The number of nitrogens with zero attached hydrogens (tertiary/aromatic N) is 1. The molecule has 0 saturated carbocycles. The molecule has 0 aliphatic carbocycles. The van der Waals surface area contributed by atoms with Gasteiger partial charge in [-0.25, -0.2) is 9.59 Å². The number of nitrogens with two attached hydrogens (primary N) is 2. The Balaban J connectivity index is 3.09. The zero-order chi connectivity index (χ0) is 32.6. The van der Waals surface area contributed by atoms with E-state index in [1.807, 2.05) is 19.9 Å². The molecule has 8 N–H and O–H groups in total. The number of aliphatic carboxylic acids is 1. The van der Waals surface area contributed by atoms with Crippen molar-refractivity contribution in [3.05, 3.63) is 35.9 Å². The zero-order valence-corrected chi connectivity index (χ0v) is 25.6. The van der Waals surface area contributed by atoms with Crippen molar-refractivity contribution in [3.63, 3.8) is 0 Å². The molecule has 0 spiro atoms. The summed E-state index contributed by atoms with van der Waals surface area (Å²) in [6.45, 7) is 8.88. The van der Waals surface area contributed by atoms with Crippen LogP contribution < -0.4 is 27.4 Å². The highest BCUT2D eigenvalue weighted by molar-refractivity contribution is 5.93. The minimum absolute atomic E-state index is 0.00117. The Morgan fingerprint density at radius 2 is 1.49 bits per heavy atom. The molecule has 0 bridgehead atoms. The number of ether oxygens (including phenoxy) is 2. The Labute approximate surface area is 252 Å². The first kappa shape index (κ1) is 36.7. The molecule has 3 atom stereocenters. The van der Waals surface area contributed by atoms with E-state index < -0.39 is 60.0 Å². The monoisotopic (exact) mass is 606 g/mol. The number of nitrogens with one attached hydrogen (secondary N) is 3. The molecule has 0 saturated heterocycles. The molecule has 240 valence electrons. The maximum atomic E-state index is 13.3. The van der Waals surface area contributed by atoms with Gasteiger partial charge in [0.15, 0.2) is 5.96 Å². The minimum atomic E-state index is -1.33. The molecule has 0 fully saturated rings. The third kappa shape index (κ3) is 16.6. The number of hydrogen-bond acceptors (Lipinski definition) is 8. The number of carbonyl (C=O) groups excluding carboxylic acids is 4. The van der Waals surface area contributed by atoms with E-state index >= 15 is 0 Å². The van der Waals surface area contributed by atoms with Gasteiger partial charge in [-0.3, -0.25) is 19.4 Å². The molecule has 14 heteroatoms. The number of alkyl carbamates (subject to hydrolysis) is 1. The van der Waals surface area contributed by atoms with E-state index in [1.54, 1.807) is 45.0 Å². The average Bonchev–Trinajstić information content (AvgIpc) is 2.89. The maximum absolute atomic E-state index is 13.3. The van der Waals surface area contributed by atoms with Gasteiger partial charge in [0.05, 0.1) is 0 Å². The summed E-state index contributed by atoms with van der Waals surface area (Å²) in [5.41, 5.74) is 10.6. The van der Waals surface area contributed by atoms with Crippen LogP contribution in [-0.4, -0.2) is 71.2 Å². The molecule has 0 aliphatic rings. The molecule has 1 aromatic carbocycles. The molecule has 43 heavy (non-hydrogen) atoms. The van der Waals surface area contributed by atoms with E-state index in [4.69, 9.17) is 20.9 Å². The first-order valence-corrected chi connectivity index (χ1v) is 14.1. The smallest absolute Gasteiger partial charge is 0.408 e. The van der Waals surface area contributed by atoms with Gasteiger partial charge in [-0.1, -0.05) is 44.2 Å². The number of amides is 3. The summed E-state index contributed by atoms with van der Waals surface area (Å²) in [6, 6.07) is 5.48. The second kappa shape index (κ2) is 18.2. The number of carbonyl (C=O) groups is 5. The van der Waals surface area contributed by atoms with Crippen molar-refractivity contribution in [2.45, 2.75) is 97.1 Å². The Kier molecular flexibility index (Phi) is 15.5. The number of carboxylic acids is 1. The second-order valence-electron chi connectivity index (χ2n) is 11.4. The quantitative estimate of drug-likeness (QED) is 0.0649. The fraction of sp³-hybridized carbons (Fsp3) is 0.586. The average molecular weight is 607 g/mol. The lowest BCUT2D eigenvalue weighted by Gasteiger charge is -2.26. The van der Waals surface area contributed by atoms with E-state index in [1.165, 1.54) is 0 Å². The molecule has 3 amide bonds. The lowest BCUT2D eigenvalue weighted by Crippen LogP contribution is -2.56. The first-order chi connectivity index (χ1) is 20.1. The van der Waals surface area contributed by atoms with E-state index in [9.17, 15) is 29.1 Å². The lowest BCUT2D eigenvalue weighted by molar-refractivity contribution is -0.150. The molecule has 14 nitrogen and oxygen atoms in total. The number of rotatable bonds is 17. The fourth-order valence-corrected chi connectivity index (χ4v) is 3.82. The van der Waals surface area contributed by atoms with Crippen LogP contribution in [0.2, 0.25) is 0 Å². The minimum Gasteiger partial charge on any atom is -0.481 e. The normalized spacial score (nSPS) is 13.2. The van der Waals surface area contributed by atoms with Crippen LogP contribution in [0.25, 0.3) is 0 Å². The van der Waals surface area contributed by atoms with E-state index in [2.05, 4.69) is 20.9 Å². The summed E-state index contributed by atoms with van der Waals surface area (Å²) in [7, 11) is 0. The molecule has 0 aromatic heterocycles. The third-order valence-corrected chi connectivity index (χ3v) is 5.76. The predicted molar refractivity (Wildman–Crippen MR) is 159 cm³/mol. The molecule has 0 heterocycles. The van der Waals surface area contributed by atoms with Crippen molar-refractivity contribution in [2.75, 3.05) is 6.54 Å². The summed E-state index contributed by atoms with van der Waals surface area (Å²) in [4.78, 5) is 67.2. The van der Waals surface area contributed by atoms with Crippen molar-refractivity contribution in [3.8, 4) is 0 Å². The molecule has 0 unspecified atom stereocenters. The number of aliphatic imine (C=N–C) groups is 1. The van der Waals surface area contributed by atoms with Gasteiger partial charge in [-0.2, -0.15) is 0 Å². The van der Waals surface area contributed by atoms with E-state index in [-0.39, 0.29) is 44.3 Å². The molecule has 1 aromatic rings. The van der Waals surface area contributed by atoms with Crippen LogP contribution in [0.5, 0.6) is 0 Å². The Morgan fingerprint density at radius 1 is 0.907 bits per heavy atom. The molecule has 0 radical (unpaired) electrons. The van der Waals surface area contributed by atoms with Gasteiger partial charge in [0.1, 0.15) is 30.3 Å². The Hall–Kier alpha value is -4.36. The zero-order valence-electron chi connectivity index (χ0n) is 25.6. The van der Waals surface area contributed by atoms with Crippen LogP contribution in [0.15, 0.2) is 35.3 Å². The standard InChI is InChI=1S/C29H46N6O8/c1-18(2)16-22(26(40)42-17-19-10-7-6-8-11-19)34-25(39)21(13-14-23(36)37)33-24(38)20(12-9-15-32-27(30)31)35-28(41)43-29(3,4)5/h6-8,10-11,18,20-22H,9,12-17H2,1-5H3,(H,33,38)(H,34,39)(H,35,41)(H,36,37)(H4,30,31,32)/t20-,21-,22-/m0/s1. The number of carboxylic acid groups (broad SMARTS) is 1. The van der Waals surface area contributed by atoms with Crippen LogP contribution in [0, 0.1) is 5.92 Å².